The van der Waals surface area contributed by atoms with Crippen LogP contribution in [-0.2, 0) is 20.8 Å². The molecule has 1 aromatic carbocycles. The summed E-state index contributed by atoms with van der Waals surface area (Å²) in [6, 6.07) is 7.71. The molecular weight excluding hydrogens is 372 g/mol. The summed E-state index contributed by atoms with van der Waals surface area (Å²) in [5.74, 6) is 1.56. The lowest BCUT2D eigenvalue weighted by Gasteiger charge is -2.30. The molecule has 0 aliphatic carbocycles. The van der Waals surface area contributed by atoms with Crippen molar-refractivity contribution in [1.29, 1.82) is 0 Å². The molecule has 0 bridgehead atoms. The molecule has 0 N–H and O–H groups in total. The predicted molar refractivity (Wildman–Crippen MR) is 108 cm³/mol. The van der Waals surface area contributed by atoms with Gasteiger partial charge in [0, 0.05) is 44.1 Å². The van der Waals surface area contributed by atoms with E-state index in [9.17, 15) is 4.79 Å². The van der Waals surface area contributed by atoms with Crippen molar-refractivity contribution < 1.29 is 19.0 Å². The second-order valence-corrected chi connectivity index (χ2v) is 7.46. The van der Waals surface area contributed by atoms with E-state index in [2.05, 4.69) is 21.5 Å². The number of morpholine rings is 2. The average molecular weight is 400 g/mol. The van der Waals surface area contributed by atoms with Gasteiger partial charge in [0.05, 0.1) is 32.5 Å². The summed E-state index contributed by atoms with van der Waals surface area (Å²) in [5.41, 5.74) is 1.01. The fourth-order valence-electron chi connectivity index (χ4n) is 3.66. The number of amides is 1. The van der Waals surface area contributed by atoms with Crippen molar-refractivity contribution in [2.75, 3.05) is 59.7 Å². The highest BCUT2D eigenvalue weighted by atomic mass is 16.5. The number of aromatic nitrogens is 2. The fraction of sp³-hybridized carbons (Fsp3) is 0.524. The van der Waals surface area contributed by atoms with Gasteiger partial charge in [0.1, 0.15) is 11.6 Å². The minimum Gasteiger partial charge on any atom is -0.484 e. The number of imidazole rings is 1. The van der Waals surface area contributed by atoms with Crippen LogP contribution < -0.4 is 4.74 Å². The molecule has 0 saturated carbocycles. The van der Waals surface area contributed by atoms with E-state index in [0.29, 0.717) is 32.1 Å². The van der Waals surface area contributed by atoms with E-state index >= 15 is 0 Å². The van der Waals surface area contributed by atoms with Crippen molar-refractivity contribution in [2.24, 2.45) is 0 Å². The zero-order valence-corrected chi connectivity index (χ0v) is 16.8. The lowest BCUT2D eigenvalue weighted by Crippen LogP contribution is -2.42. The molecule has 4 rings (SSSR count). The van der Waals surface area contributed by atoms with E-state index in [1.807, 2.05) is 36.7 Å². The molecule has 8 heteroatoms. The molecule has 156 valence electrons. The molecule has 8 nitrogen and oxygen atoms in total. The summed E-state index contributed by atoms with van der Waals surface area (Å²) < 4.78 is 19.0. The van der Waals surface area contributed by atoms with Gasteiger partial charge < -0.3 is 28.6 Å². The van der Waals surface area contributed by atoms with Gasteiger partial charge >= 0.3 is 0 Å². The third kappa shape index (κ3) is 5.14. The Morgan fingerprint density at radius 2 is 1.97 bits per heavy atom. The van der Waals surface area contributed by atoms with Crippen molar-refractivity contribution in [3.63, 3.8) is 0 Å². The lowest BCUT2D eigenvalue weighted by atomic mass is 10.2. The van der Waals surface area contributed by atoms with E-state index in [1.165, 1.54) is 0 Å². The molecule has 0 radical (unpaired) electrons. The molecule has 2 fully saturated rings. The predicted octanol–water partition coefficient (Wildman–Crippen LogP) is 1.12. The van der Waals surface area contributed by atoms with Gasteiger partial charge in [-0.3, -0.25) is 4.79 Å². The fourth-order valence-corrected chi connectivity index (χ4v) is 3.66. The standard InChI is InChI=1S/C21H28N4O4/c1-23-8-13-28-19(14-23)15-25-7-6-22-21(25)17-2-4-18(5-3-17)29-16-20(26)24-9-11-27-12-10-24/h2-7,19H,8-16H2,1H3. The van der Waals surface area contributed by atoms with E-state index in [1.54, 1.807) is 4.90 Å². The van der Waals surface area contributed by atoms with Gasteiger partial charge in [0.2, 0.25) is 0 Å². The quantitative estimate of drug-likeness (QED) is 0.724. The van der Waals surface area contributed by atoms with Crippen LogP contribution in [0.4, 0.5) is 0 Å². The third-order valence-corrected chi connectivity index (χ3v) is 5.30. The minimum absolute atomic E-state index is 0.00892. The van der Waals surface area contributed by atoms with Gasteiger partial charge in [0.25, 0.3) is 5.91 Å². The SMILES string of the molecule is CN1CCOC(Cn2ccnc2-c2ccc(OCC(=O)N3CCOCC3)cc2)C1. The molecule has 3 heterocycles. The highest BCUT2D eigenvalue weighted by Gasteiger charge is 2.20. The molecule has 1 unspecified atom stereocenters. The number of nitrogens with zero attached hydrogens (tertiary/aromatic N) is 4. The zero-order valence-electron chi connectivity index (χ0n) is 16.8. The summed E-state index contributed by atoms with van der Waals surface area (Å²) in [5, 5.41) is 0. The first-order chi connectivity index (χ1) is 14.2. The van der Waals surface area contributed by atoms with Crippen molar-refractivity contribution in [3.05, 3.63) is 36.7 Å². The highest BCUT2D eigenvalue weighted by Crippen LogP contribution is 2.22. The average Bonchev–Trinajstić information content (AvgIpc) is 3.21. The highest BCUT2D eigenvalue weighted by molar-refractivity contribution is 5.77. The molecule has 29 heavy (non-hydrogen) atoms. The summed E-state index contributed by atoms with van der Waals surface area (Å²) >= 11 is 0. The Morgan fingerprint density at radius 3 is 2.72 bits per heavy atom. The van der Waals surface area contributed by atoms with Crippen LogP contribution in [0.3, 0.4) is 0 Å². The van der Waals surface area contributed by atoms with E-state index < -0.39 is 0 Å². The lowest BCUT2D eigenvalue weighted by molar-refractivity contribution is -0.137. The Morgan fingerprint density at radius 1 is 1.17 bits per heavy atom. The molecule has 2 aliphatic rings. The molecule has 2 aliphatic heterocycles. The van der Waals surface area contributed by atoms with Gasteiger partial charge in [-0.15, -0.1) is 0 Å². The van der Waals surface area contributed by atoms with Crippen LogP contribution in [0.15, 0.2) is 36.7 Å². The Bertz CT molecular complexity index is 801. The van der Waals surface area contributed by atoms with Crippen LogP contribution in [0.25, 0.3) is 11.4 Å². The monoisotopic (exact) mass is 400 g/mol. The first-order valence-corrected chi connectivity index (χ1v) is 10.1. The van der Waals surface area contributed by atoms with Crippen LogP contribution in [0.5, 0.6) is 5.75 Å². The maximum atomic E-state index is 12.2. The molecular formula is C21H28N4O4. The van der Waals surface area contributed by atoms with Crippen LogP contribution in [-0.4, -0.2) is 91.0 Å². The van der Waals surface area contributed by atoms with Crippen molar-refractivity contribution in [2.45, 2.75) is 12.6 Å². The third-order valence-electron chi connectivity index (χ3n) is 5.30. The van der Waals surface area contributed by atoms with E-state index in [4.69, 9.17) is 14.2 Å². The Balaban J connectivity index is 1.34. The maximum Gasteiger partial charge on any atom is 0.260 e. The molecule has 1 amide bonds. The molecule has 2 saturated heterocycles. The summed E-state index contributed by atoms with van der Waals surface area (Å²) in [6.07, 6.45) is 3.96. The second-order valence-electron chi connectivity index (χ2n) is 7.46. The Labute approximate surface area is 171 Å². The maximum absolute atomic E-state index is 12.2. The summed E-state index contributed by atoms with van der Waals surface area (Å²) in [4.78, 5) is 20.8. The van der Waals surface area contributed by atoms with E-state index in [-0.39, 0.29) is 18.6 Å². The summed E-state index contributed by atoms with van der Waals surface area (Å²) in [7, 11) is 2.12. The second kappa shape index (κ2) is 9.39. The minimum atomic E-state index is -0.00892. The largest absolute Gasteiger partial charge is 0.484 e. The van der Waals surface area contributed by atoms with Crippen LogP contribution in [0, 0.1) is 0 Å². The zero-order chi connectivity index (χ0) is 20.1. The van der Waals surface area contributed by atoms with Gasteiger partial charge in [0.15, 0.2) is 6.61 Å². The van der Waals surface area contributed by atoms with Crippen molar-refractivity contribution >= 4 is 5.91 Å². The molecule has 1 atom stereocenters. The number of carbonyl (C=O) groups is 1. The molecule has 1 aromatic heterocycles. The van der Waals surface area contributed by atoms with Gasteiger partial charge in [-0.2, -0.15) is 0 Å². The van der Waals surface area contributed by atoms with Crippen LogP contribution >= 0.6 is 0 Å². The normalized spacial score (nSPS) is 20.6. The Kier molecular flexibility index (Phi) is 6.43. The van der Waals surface area contributed by atoms with Crippen LogP contribution in [0.2, 0.25) is 0 Å². The van der Waals surface area contributed by atoms with Crippen LogP contribution in [0.1, 0.15) is 0 Å². The first-order valence-electron chi connectivity index (χ1n) is 10.1. The van der Waals surface area contributed by atoms with Gasteiger partial charge in [-0.05, 0) is 31.3 Å². The first kappa shape index (κ1) is 19.9. The number of rotatable bonds is 6. The Hall–Kier alpha value is -2.42. The smallest absolute Gasteiger partial charge is 0.260 e. The number of benzene rings is 1. The number of hydrogen-bond acceptors (Lipinski definition) is 6. The van der Waals surface area contributed by atoms with Gasteiger partial charge in [-0.1, -0.05) is 0 Å². The molecule has 2 aromatic rings. The summed E-state index contributed by atoms with van der Waals surface area (Å²) in [6.45, 7) is 5.91. The number of ether oxygens (including phenoxy) is 3. The number of likely N-dealkylation sites (N-methyl/N-ethyl adjacent to an activating group) is 1. The van der Waals surface area contributed by atoms with Crippen molar-refractivity contribution in [1.82, 2.24) is 19.4 Å². The molecule has 0 spiro atoms. The topological polar surface area (TPSA) is 69.1 Å². The number of carbonyl (C=O) groups excluding carboxylic acids is 1. The number of hydrogen-bond donors (Lipinski definition) is 0. The van der Waals surface area contributed by atoms with E-state index in [0.717, 1.165) is 37.6 Å². The van der Waals surface area contributed by atoms with Crippen molar-refractivity contribution in [3.8, 4) is 17.1 Å². The van der Waals surface area contributed by atoms with Gasteiger partial charge in [-0.25, -0.2) is 4.98 Å².